The van der Waals surface area contributed by atoms with Crippen LogP contribution in [0.25, 0.3) is 5.69 Å². The summed E-state index contributed by atoms with van der Waals surface area (Å²) in [6, 6.07) is 9.10. The van der Waals surface area contributed by atoms with Crippen molar-refractivity contribution in [1.29, 1.82) is 0 Å². The van der Waals surface area contributed by atoms with Crippen LogP contribution in [0.1, 0.15) is 35.1 Å². The Kier molecular flexibility index (Phi) is 5.30. The largest absolute Gasteiger partial charge is 0.325 e. The second-order valence-electron chi connectivity index (χ2n) is 6.15. The molecule has 3 rings (SSSR count). The summed E-state index contributed by atoms with van der Waals surface area (Å²) >= 11 is 0. The Bertz CT molecular complexity index is 976. The van der Waals surface area contributed by atoms with Gasteiger partial charge in [-0.25, -0.2) is 4.98 Å². The van der Waals surface area contributed by atoms with Crippen LogP contribution < -0.4 is 10.6 Å². The van der Waals surface area contributed by atoms with Gasteiger partial charge in [0.2, 0.25) is 5.91 Å². The normalized spacial score (nSPS) is 10.5. The molecule has 7 heteroatoms. The van der Waals surface area contributed by atoms with Crippen molar-refractivity contribution in [1.82, 2.24) is 14.5 Å². The van der Waals surface area contributed by atoms with E-state index in [-0.39, 0.29) is 11.8 Å². The number of pyridine rings is 1. The van der Waals surface area contributed by atoms with E-state index >= 15 is 0 Å². The topological polar surface area (TPSA) is 88.9 Å². The number of rotatable bonds is 5. The van der Waals surface area contributed by atoms with Crippen molar-refractivity contribution in [2.24, 2.45) is 0 Å². The van der Waals surface area contributed by atoms with Crippen LogP contribution in [0.15, 0.2) is 49.1 Å². The SMILES string of the molecule is CCC(=O)Nc1cncc(C(=O)Nc2ccc(-n3cnc(C)c3C)cc2)c1. The molecule has 3 aromatic rings. The molecule has 2 aromatic heterocycles. The van der Waals surface area contributed by atoms with Gasteiger partial charge >= 0.3 is 0 Å². The summed E-state index contributed by atoms with van der Waals surface area (Å²) in [6.45, 7) is 5.73. The summed E-state index contributed by atoms with van der Waals surface area (Å²) < 4.78 is 1.99. The number of amides is 2. The van der Waals surface area contributed by atoms with E-state index in [9.17, 15) is 9.59 Å². The third kappa shape index (κ3) is 4.20. The predicted octanol–water partition coefficient (Wildman–Crippen LogP) is 3.48. The maximum absolute atomic E-state index is 12.5. The lowest BCUT2D eigenvalue weighted by molar-refractivity contribution is -0.115. The van der Waals surface area contributed by atoms with Gasteiger partial charge in [0.05, 0.1) is 29.5 Å². The Labute approximate surface area is 157 Å². The van der Waals surface area contributed by atoms with Gasteiger partial charge in [-0.3, -0.25) is 14.6 Å². The number of anilines is 2. The zero-order valence-corrected chi connectivity index (χ0v) is 15.5. The molecular weight excluding hydrogens is 342 g/mol. The standard InChI is InChI=1S/C20H21N5O2/c1-4-19(26)23-17-9-15(10-21-11-17)20(27)24-16-5-7-18(8-6-16)25-12-22-13(2)14(25)3/h5-12H,4H2,1-3H3,(H,23,26)(H,24,27). The van der Waals surface area contributed by atoms with Crippen LogP contribution in [0, 0.1) is 13.8 Å². The average molecular weight is 363 g/mol. The number of nitrogens with zero attached hydrogens (tertiary/aromatic N) is 3. The molecule has 0 radical (unpaired) electrons. The van der Waals surface area contributed by atoms with Crippen molar-refractivity contribution in [3.8, 4) is 5.69 Å². The van der Waals surface area contributed by atoms with Gasteiger partial charge in [-0.2, -0.15) is 0 Å². The minimum Gasteiger partial charge on any atom is -0.325 e. The number of carbonyl (C=O) groups is 2. The molecule has 0 atom stereocenters. The summed E-state index contributed by atoms with van der Waals surface area (Å²) in [5.74, 6) is -0.424. The Hall–Kier alpha value is -3.48. The number of aryl methyl sites for hydroxylation is 1. The van der Waals surface area contributed by atoms with Gasteiger partial charge in [0.25, 0.3) is 5.91 Å². The molecule has 7 nitrogen and oxygen atoms in total. The van der Waals surface area contributed by atoms with Crippen LogP contribution >= 0.6 is 0 Å². The molecule has 138 valence electrons. The molecule has 2 amide bonds. The van der Waals surface area contributed by atoms with E-state index in [1.807, 2.05) is 42.7 Å². The minimum absolute atomic E-state index is 0.130. The molecular formula is C20H21N5O2. The molecule has 0 saturated heterocycles. The molecule has 0 aliphatic heterocycles. The lowest BCUT2D eigenvalue weighted by Gasteiger charge is -2.09. The number of nitrogens with one attached hydrogen (secondary N) is 2. The van der Waals surface area contributed by atoms with Gasteiger partial charge in [0, 0.05) is 29.7 Å². The van der Waals surface area contributed by atoms with Crippen molar-refractivity contribution < 1.29 is 9.59 Å². The fraction of sp³-hybridized carbons (Fsp3) is 0.200. The van der Waals surface area contributed by atoms with Crippen molar-refractivity contribution in [2.45, 2.75) is 27.2 Å². The maximum Gasteiger partial charge on any atom is 0.257 e. The zero-order valence-electron chi connectivity index (χ0n) is 15.5. The first-order valence-corrected chi connectivity index (χ1v) is 8.65. The number of hydrogen-bond donors (Lipinski definition) is 2. The van der Waals surface area contributed by atoms with E-state index in [1.165, 1.54) is 12.4 Å². The molecule has 0 aliphatic rings. The molecule has 0 spiro atoms. The highest BCUT2D eigenvalue weighted by atomic mass is 16.2. The average Bonchev–Trinajstić information content (AvgIpc) is 3.01. The summed E-state index contributed by atoms with van der Waals surface area (Å²) in [6.07, 6.45) is 5.11. The van der Waals surface area contributed by atoms with Gasteiger partial charge in [-0.15, -0.1) is 0 Å². The van der Waals surface area contributed by atoms with E-state index in [0.717, 1.165) is 17.1 Å². The van der Waals surface area contributed by atoms with Gasteiger partial charge in [0.1, 0.15) is 0 Å². The monoisotopic (exact) mass is 363 g/mol. The lowest BCUT2D eigenvalue weighted by Crippen LogP contribution is -2.14. The van der Waals surface area contributed by atoms with Crippen LogP contribution in [-0.4, -0.2) is 26.3 Å². The van der Waals surface area contributed by atoms with Crippen LogP contribution in [0.2, 0.25) is 0 Å². The summed E-state index contributed by atoms with van der Waals surface area (Å²) in [5.41, 5.74) is 4.56. The fourth-order valence-corrected chi connectivity index (χ4v) is 2.55. The van der Waals surface area contributed by atoms with Crippen molar-refractivity contribution in [3.05, 3.63) is 66.0 Å². The smallest absolute Gasteiger partial charge is 0.257 e. The zero-order chi connectivity index (χ0) is 19.4. The summed E-state index contributed by atoms with van der Waals surface area (Å²) in [7, 11) is 0. The third-order valence-corrected chi connectivity index (χ3v) is 4.26. The Morgan fingerprint density at radius 3 is 2.41 bits per heavy atom. The van der Waals surface area contributed by atoms with Gasteiger partial charge < -0.3 is 15.2 Å². The third-order valence-electron chi connectivity index (χ3n) is 4.26. The molecule has 0 bridgehead atoms. The maximum atomic E-state index is 12.5. The van der Waals surface area contributed by atoms with Crippen LogP contribution in [0.5, 0.6) is 0 Å². The number of hydrogen-bond acceptors (Lipinski definition) is 4. The van der Waals surface area contributed by atoms with Crippen molar-refractivity contribution in [2.75, 3.05) is 10.6 Å². The molecule has 0 aliphatic carbocycles. The first-order valence-electron chi connectivity index (χ1n) is 8.65. The molecule has 2 N–H and O–H groups in total. The van der Waals surface area contributed by atoms with E-state index in [2.05, 4.69) is 20.6 Å². The van der Waals surface area contributed by atoms with E-state index in [1.54, 1.807) is 19.3 Å². The number of imidazole rings is 1. The van der Waals surface area contributed by atoms with E-state index < -0.39 is 0 Å². The molecule has 1 aromatic carbocycles. The Balaban J connectivity index is 1.72. The number of aromatic nitrogens is 3. The van der Waals surface area contributed by atoms with Gasteiger partial charge in [0.15, 0.2) is 0 Å². The second-order valence-corrected chi connectivity index (χ2v) is 6.15. The first kappa shape index (κ1) is 18.3. The van der Waals surface area contributed by atoms with Crippen LogP contribution in [-0.2, 0) is 4.79 Å². The molecule has 2 heterocycles. The Morgan fingerprint density at radius 2 is 1.78 bits per heavy atom. The summed E-state index contributed by atoms with van der Waals surface area (Å²) in [4.78, 5) is 32.2. The fourth-order valence-electron chi connectivity index (χ4n) is 2.55. The van der Waals surface area contributed by atoms with Crippen molar-refractivity contribution >= 4 is 23.2 Å². The Morgan fingerprint density at radius 1 is 1.04 bits per heavy atom. The highest BCUT2D eigenvalue weighted by Crippen LogP contribution is 2.18. The van der Waals surface area contributed by atoms with E-state index in [0.29, 0.717) is 23.4 Å². The van der Waals surface area contributed by atoms with Gasteiger partial charge in [-0.05, 0) is 44.2 Å². The number of carbonyl (C=O) groups excluding carboxylic acids is 2. The molecule has 0 fully saturated rings. The minimum atomic E-state index is -0.294. The van der Waals surface area contributed by atoms with Gasteiger partial charge in [-0.1, -0.05) is 6.92 Å². The molecule has 0 saturated carbocycles. The second kappa shape index (κ2) is 7.82. The van der Waals surface area contributed by atoms with Crippen molar-refractivity contribution in [3.63, 3.8) is 0 Å². The predicted molar refractivity (Wildman–Crippen MR) is 104 cm³/mol. The molecule has 0 unspecified atom stereocenters. The lowest BCUT2D eigenvalue weighted by atomic mass is 10.2. The van der Waals surface area contributed by atoms with Crippen LogP contribution in [0.3, 0.4) is 0 Å². The summed E-state index contributed by atoms with van der Waals surface area (Å²) in [5, 5.41) is 5.53. The number of benzene rings is 1. The highest BCUT2D eigenvalue weighted by Gasteiger charge is 2.10. The van der Waals surface area contributed by atoms with Crippen LogP contribution in [0.4, 0.5) is 11.4 Å². The van der Waals surface area contributed by atoms with E-state index in [4.69, 9.17) is 0 Å². The quantitative estimate of drug-likeness (QED) is 0.726. The molecule has 27 heavy (non-hydrogen) atoms. The highest BCUT2D eigenvalue weighted by molar-refractivity contribution is 6.05. The first-order chi connectivity index (χ1) is 13.0.